The van der Waals surface area contributed by atoms with Crippen LogP contribution in [0.4, 0.5) is 24.5 Å². The van der Waals surface area contributed by atoms with Crippen LogP contribution in [0, 0.1) is 0 Å². The van der Waals surface area contributed by atoms with Crippen molar-refractivity contribution in [3.8, 4) is 11.5 Å². The molecule has 0 unspecified atom stereocenters. The summed E-state index contributed by atoms with van der Waals surface area (Å²) in [4.78, 5) is 11.4. The number of hydrogen-bond donors (Lipinski definition) is 2. The summed E-state index contributed by atoms with van der Waals surface area (Å²) in [6, 6.07) is 7.70. The number of sulfone groups is 1. The number of anilines is 2. The van der Waals surface area contributed by atoms with Crippen molar-refractivity contribution in [2.75, 3.05) is 31.4 Å². The van der Waals surface area contributed by atoms with Gasteiger partial charge in [-0.05, 0) is 48.9 Å². The summed E-state index contributed by atoms with van der Waals surface area (Å²) in [5.74, 6) is 0.280. The summed E-state index contributed by atoms with van der Waals surface area (Å²) < 4.78 is 72.3. The smallest absolute Gasteiger partial charge is 0.493 e. The van der Waals surface area contributed by atoms with Gasteiger partial charge in [-0.1, -0.05) is 6.07 Å². The van der Waals surface area contributed by atoms with Crippen LogP contribution in [-0.4, -0.2) is 40.6 Å². The van der Waals surface area contributed by atoms with Gasteiger partial charge in [-0.25, -0.2) is 8.42 Å². The number of carbonyl (C=O) groups excluding carboxylic acids is 1. The van der Waals surface area contributed by atoms with Crippen LogP contribution in [0.5, 0.6) is 11.5 Å². The monoisotopic (exact) mass is 458 g/mol. The number of ether oxygens (including phenoxy) is 2. The van der Waals surface area contributed by atoms with Crippen molar-refractivity contribution in [3.05, 3.63) is 48.0 Å². The topological polar surface area (TPSA) is 93.7 Å². The van der Waals surface area contributed by atoms with Gasteiger partial charge in [-0.3, -0.25) is 4.79 Å². The highest BCUT2D eigenvalue weighted by molar-refractivity contribution is 7.92. The van der Waals surface area contributed by atoms with Crippen molar-refractivity contribution in [2.45, 2.75) is 17.3 Å². The third-order valence-corrected chi connectivity index (χ3v) is 5.55. The fraction of sp³-hybridized carbons (Fsp3) is 0.250. The van der Waals surface area contributed by atoms with Gasteiger partial charge in [0.1, 0.15) is 0 Å². The molecule has 168 valence electrons. The summed E-state index contributed by atoms with van der Waals surface area (Å²) in [5.41, 5.74) is -4.68. The molecule has 11 heteroatoms. The predicted octanol–water partition coefficient (Wildman–Crippen LogP) is 4.08. The number of benzene rings is 2. The molecule has 0 spiro atoms. The summed E-state index contributed by atoms with van der Waals surface area (Å²) in [7, 11) is -2.62. The summed E-state index contributed by atoms with van der Waals surface area (Å²) in [5, 5.41) is 5.26. The van der Waals surface area contributed by atoms with E-state index in [9.17, 15) is 26.4 Å². The first kappa shape index (κ1) is 24.1. The zero-order chi connectivity index (χ0) is 23.2. The summed E-state index contributed by atoms with van der Waals surface area (Å²) in [6.07, 6.45) is 2.61. The number of alkyl halides is 3. The van der Waals surface area contributed by atoms with E-state index >= 15 is 0 Å². The maximum absolute atomic E-state index is 12.9. The van der Waals surface area contributed by atoms with Crippen molar-refractivity contribution in [2.24, 2.45) is 0 Å². The zero-order valence-corrected chi connectivity index (χ0v) is 17.7. The minimum Gasteiger partial charge on any atom is -0.493 e. The number of nitrogens with one attached hydrogen (secondary N) is 2. The van der Waals surface area contributed by atoms with Gasteiger partial charge >= 0.3 is 5.51 Å². The van der Waals surface area contributed by atoms with Crippen LogP contribution < -0.4 is 20.1 Å². The molecule has 0 aliphatic heterocycles. The molecule has 0 bridgehead atoms. The van der Waals surface area contributed by atoms with E-state index in [1.165, 1.54) is 20.3 Å². The van der Waals surface area contributed by atoms with Crippen molar-refractivity contribution in [3.63, 3.8) is 0 Å². The molecule has 2 aromatic rings. The van der Waals surface area contributed by atoms with Crippen molar-refractivity contribution < 1.29 is 35.9 Å². The quantitative estimate of drug-likeness (QED) is 0.579. The van der Waals surface area contributed by atoms with E-state index in [0.717, 1.165) is 24.3 Å². The van der Waals surface area contributed by atoms with E-state index in [1.54, 1.807) is 25.1 Å². The molecule has 2 N–H and O–H groups in total. The van der Waals surface area contributed by atoms with Crippen molar-refractivity contribution in [1.29, 1.82) is 0 Å². The van der Waals surface area contributed by atoms with Crippen LogP contribution >= 0.6 is 0 Å². The molecular formula is C20H21F3N2O5S. The van der Waals surface area contributed by atoms with E-state index in [1.807, 2.05) is 0 Å². The Morgan fingerprint density at radius 3 is 2.29 bits per heavy atom. The van der Waals surface area contributed by atoms with E-state index in [2.05, 4.69) is 10.6 Å². The van der Waals surface area contributed by atoms with Gasteiger partial charge in [0.2, 0.25) is 5.91 Å². The molecule has 7 nitrogen and oxygen atoms in total. The third kappa shape index (κ3) is 5.69. The first-order valence-corrected chi connectivity index (χ1v) is 10.4. The number of hydrogen-bond acceptors (Lipinski definition) is 6. The van der Waals surface area contributed by atoms with Crippen LogP contribution in [0.15, 0.2) is 47.4 Å². The largest absolute Gasteiger partial charge is 0.501 e. The molecule has 0 radical (unpaired) electrons. The fourth-order valence-electron chi connectivity index (χ4n) is 2.57. The van der Waals surface area contributed by atoms with Crippen LogP contribution in [0.25, 0.3) is 6.08 Å². The molecule has 1 amide bonds. The molecule has 0 fully saturated rings. The number of rotatable bonds is 8. The Morgan fingerprint density at radius 1 is 1.03 bits per heavy atom. The molecule has 31 heavy (non-hydrogen) atoms. The van der Waals surface area contributed by atoms with Crippen LogP contribution in [0.2, 0.25) is 0 Å². The molecule has 0 saturated carbocycles. The van der Waals surface area contributed by atoms with E-state index in [0.29, 0.717) is 23.6 Å². The number of amides is 1. The van der Waals surface area contributed by atoms with E-state index in [4.69, 9.17) is 9.47 Å². The Bertz CT molecular complexity index is 1080. The van der Waals surface area contributed by atoms with Gasteiger partial charge in [0.15, 0.2) is 11.5 Å². The fourth-order valence-corrected chi connectivity index (χ4v) is 3.36. The molecule has 0 saturated heterocycles. The van der Waals surface area contributed by atoms with Gasteiger partial charge in [0.05, 0.1) is 30.5 Å². The van der Waals surface area contributed by atoms with Crippen LogP contribution in [0.1, 0.15) is 12.5 Å². The van der Waals surface area contributed by atoms with Crippen molar-refractivity contribution >= 4 is 33.2 Å². The molecule has 0 aromatic heterocycles. The van der Waals surface area contributed by atoms with Crippen LogP contribution in [0.3, 0.4) is 0 Å². The normalized spacial score (nSPS) is 11.9. The van der Waals surface area contributed by atoms with Gasteiger partial charge in [-0.2, -0.15) is 13.2 Å². The minimum atomic E-state index is -5.56. The highest BCUT2D eigenvalue weighted by atomic mass is 32.2. The van der Waals surface area contributed by atoms with Gasteiger partial charge in [-0.15, -0.1) is 0 Å². The molecule has 0 heterocycles. The maximum Gasteiger partial charge on any atom is 0.501 e. The van der Waals surface area contributed by atoms with E-state index < -0.39 is 26.1 Å². The third-order valence-electron chi connectivity index (χ3n) is 4.07. The Kier molecular flexibility index (Phi) is 7.55. The number of methoxy groups -OCH3 is 2. The Labute approximate surface area is 177 Å². The SMILES string of the molecule is CCNc1ccc(S(=O)(=O)C(F)(F)F)cc1NC(=O)C=Cc1ccc(OC)c(OC)c1. The molecule has 0 aliphatic rings. The Balaban J connectivity index is 2.30. The average molecular weight is 458 g/mol. The lowest BCUT2D eigenvalue weighted by molar-refractivity contribution is -0.111. The highest BCUT2D eigenvalue weighted by Gasteiger charge is 2.47. The first-order chi connectivity index (χ1) is 14.5. The van der Waals surface area contributed by atoms with E-state index in [-0.39, 0.29) is 11.4 Å². The molecular weight excluding hydrogens is 437 g/mol. The molecule has 0 atom stereocenters. The Hall–Kier alpha value is -3.21. The van der Waals surface area contributed by atoms with Crippen molar-refractivity contribution in [1.82, 2.24) is 0 Å². The predicted molar refractivity (Wildman–Crippen MR) is 111 cm³/mol. The zero-order valence-electron chi connectivity index (χ0n) is 16.9. The van der Waals surface area contributed by atoms with Gasteiger partial charge in [0, 0.05) is 12.6 Å². The molecule has 2 aromatic carbocycles. The minimum absolute atomic E-state index is 0.103. The lowest BCUT2D eigenvalue weighted by Gasteiger charge is -2.14. The lowest BCUT2D eigenvalue weighted by atomic mass is 10.2. The maximum atomic E-state index is 12.9. The summed E-state index contributed by atoms with van der Waals surface area (Å²) in [6.45, 7) is 2.14. The first-order valence-electron chi connectivity index (χ1n) is 8.93. The summed E-state index contributed by atoms with van der Waals surface area (Å²) >= 11 is 0. The highest BCUT2D eigenvalue weighted by Crippen LogP contribution is 2.34. The second kappa shape index (κ2) is 9.73. The number of halogens is 3. The molecule has 2 rings (SSSR count). The standard InChI is InChI=1S/C20H21F3N2O5S/c1-4-24-15-8-7-14(31(27,28)20(21,22)23)12-16(15)25-19(26)10-6-13-5-9-17(29-2)18(11-13)30-3/h5-12,24H,4H2,1-3H3,(H,25,26). The second-order valence-electron chi connectivity index (χ2n) is 6.12. The second-order valence-corrected chi connectivity index (χ2v) is 8.07. The molecule has 0 aliphatic carbocycles. The average Bonchev–Trinajstić information content (AvgIpc) is 2.72. The van der Waals surface area contributed by atoms with Gasteiger partial charge < -0.3 is 20.1 Å². The Morgan fingerprint density at radius 2 is 1.71 bits per heavy atom. The number of carbonyl (C=O) groups is 1. The van der Waals surface area contributed by atoms with Crippen LogP contribution in [-0.2, 0) is 14.6 Å². The lowest BCUT2D eigenvalue weighted by Crippen LogP contribution is -2.23. The van der Waals surface area contributed by atoms with Gasteiger partial charge in [0.25, 0.3) is 9.84 Å².